The van der Waals surface area contributed by atoms with Crippen LogP contribution in [0.2, 0.25) is 0 Å². The average molecular weight is 247 g/mol. The van der Waals surface area contributed by atoms with E-state index in [4.69, 9.17) is 4.74 Å². The first-order chi connectivity index (χ1) is 8.53. The number of carbonyl (C=O) groups is 1. The van der Waals surface area contributed by atoms with Crippen molar-refractivity contribution >= 4 is 17.7 Å². The van der Waals surface area contributed by atoms with Gasteiger partial charge in [0, 0.05) is 17.8 Å². The minimum Gasteiger partial charge on any atom is -0.465 e. The van der Waals surface area contributed by atoms with Crippen LogP contribution in [0.15, 0.2) is 24.3 Å². The van der Waals surface area contributed by atoms with Gasteiger partial charge in [-0.3, -0.25) is 0 Å². The van der Waals surface area contributed by atoms with E-state index in [1.807, 2.05) is 18.2 Å². The molecule has 4 heteroatoms. The van der Waals surface area contributed by atoms with Crippen molar-refractivity contribution in [3.05, 3.63) is 35.4 Å². The van der Waals surface area contributed by atoms with E-state index in [1.54, 1.807) is 19.1 Å². The number of methoxy groups -OCH3 is 1. The van der Waals surface area contributed by atoms with Gasteiger partial charge in [-0.25, -0.2) is 4.79 Å². The molecule has 96 valence electrons. The molecule has 0 spiro atoms. The van der Waals surface area contributed by atoms with Crippen LogP contribution in [0.1, 0.15) is 29.3 Å². The molecule has 0 amide bonds. The molecular formula is C14H17NO3. The SMILES string of the molecule is COC(=O)c1cccc2c1/C=C\CC(C)(O)CN2. The minimum absolute atomic E-state index is 0.356. The fourth-order valence-corrected chi connectivity index (χ4v) is 1.98. The van der Waals surface area contributed by atoms with Gasteiger partial charge >= 0.3 is 5.97 Å². The lowest BCUT2D eigenvalue weighted by molar-refractivity contribution is 0.0600. The standard InChI is InChI=1S/C14H17NO3/c1-14(17)8-4-6-10-11(13(16)18-2)5-3-7-12(10)15-9-14/h3-7,15,17H,8-9H2,1-2H3/b6-4-. The van der Waals surface area contributed by atoms with Gasteiger partial charge in [-0.1, -0.05) is 18.2 Å². The van der Waals surface area contributed by atoms with E-state index in [0.29, 0.717) is 18.5 Å². The maximum atomic E-state index is 11.7. The van der Waals surface area contributed by atoms with Crippen molar-refractivity contribution < 1.29 is 14.6 Å². The molecule has 1 heterocycles. The maximum Gasteiger partial charge on any atom is 0.338 e. The predicted octanol–water partition coefficient (Wildman–Crippen LogP) is 2.05. The van der Waals surface area contributed by atoms with Gasteiger partial charge in [0.25, 0.3) is 0 Å². The number of hydrogen-bond donors (Lipinski definition) is 2. The molecule has 1 aromatic rings. The molecular weight excluding hydrogens is 230 g/mol. The van der Waals surface area contributed by atoms with Crippen LogP contribution >= 0.6 is 0 Å². The van der Waals surface area contributed by atoms with Gasteiger partial charge in [-0.05, 0) is 25.5 Å². The van der Waals surface area contributed by atoms with E-state index in [0.717, 1.165) is 11.3 Å². The number of esters is 1. The lowest BCUT2D eigenvalue weighted by Crippen LogP contribution is -2.33. The summed E-state index contributed by atoms with van der Waals surface area (Å²) in [4.78, 5) is 11.7. The zero-order valence-corrected chi connectivity index (χ0v) is 10.6. The second kappa shape index (κ2) is 4.82. The molecule has 0 saturated heterocycles. The quantitative estimate of drug-likeness (QED) is 0.746. The normalized spacial score (nSPS) is 24.2. The molecule has 0 aliphatic carbocycles. The Morgan fingerprint density at radius 3 is 3.00 bits per heavy atom. The lowest BCUT2D eigenvalue weighted by Gasteiger charge is -2.25. The number of nitrogens with one attached hydrogen (secondary N) is 1. The van der Waals surface area contributed by atoms with Crippen molar-refractivity contribution in [2.45, 2.75) is 18.9 Å². The Labute approximate surface area is 106 Å². The highest BCUT2D eigenvalue weighted by molar-refractivity contribution is 5.96. The Bertz CT molecular complexity index is 492. The topological polar surface area (TPSA) is 58.6 Å². The number of benzene rings is 1. The van der Waals surface area contributed by atoms with E-state index >= 15 is 0 Å². The summed E-state index contributed by atoms with van der Waals surface area (Å²) in [6.45, 7) is 2.22. The fraction of sp³-hybridized carbons (Fsp3) is 0.357. The fourth-order valence-electron chi connectivity index (χ4n) is 1.98. The van der Waals surface area contributed by atoms with Crippen LogP contribution in [-0.4, -0.2) is 30.3 Å². The second-order valence-electron chi connectivity index (χ2n) is 4.72. The number of aliphatic hydroxyl groups is 1. The summed E-state index contributed by atoms with van der Waals surface area (Å²) < 4.78 is 4.77. The van der Waals surface area contributed by atoms with Gasteiger partial charge in [0.15, 0.2) is 0 Å². The Morgan fingerprint density at radius 2 is 2.28 bits per heavy atom. The van der Waals surface area contributed by atoms with E-state index in [2.05, 4.69) is 5.32 Å². The van der Waals surface area contributed by atoms with Crippen LogP contribution in [-0.2, 0) is 4.74 Å². The summed E-state index contributed by atoms with van der Waals surface area (Å²) in [5.74, 6) is -0.356. The highest BCUT2D eigenvalue weighted by atomic mass is 16.5. The van der Waals surface area contributed by atoms with Crippen LogP contribution in [0.5, 0.6) is 0 Å². The average Bonchev–Trinajstić information content (AvgIpc) is 2.34. The molecule has 0 bridgehead atoms. The van der Waals surface area contributed by atoms with E-state index in [-0.39, 0.29) is 5.97 Å². The minimum atomic E-state index is -0.782. The Morgan fingerprint density at radius 1 is 1.50 bits per heavy atom. The van der Waals surface area contributed by atoms with E-state index in [9.17, 15) is 9.90 Å². The molecule has 18 heavy (non-hydrogen) atoms. The van der Waals surface area contributed by atoms with Crippen molar-refractivity contribution in [3.8, 4) is 0 Å². The second-order valence-corrected chi connectivity index (χ2v) is 4.72. The molecule has 4 nitrogen and oxygen atoms in total. The maximum absolute atomic E-state index is 11.7. The van der Waals surface area contributed by atoms with Crippen LogP contribution in [0.25, 0.3) is 6.08 Å². The summed E-state index contributed by atoms with van der Waals surface area (Å²) in [5.41, 5.74) is 1.38. The highest BCUT2D eigenvalue weighted by Crippen LogP contribution is 2.26. The van der Waals surface area contributed by atoms with Gasteiger partial charge in [0.1, 0.15) is 0 Å². The van der Waals surface area contributed by atoms with E-state index < -0.39 is 5.60 Å². The van der Waals surface area contributed by atoms with Crippen LogP contribution in [0.4, 0.5) is 5.69 Å². The molecule has 1 unspecified atom stereocenters. The van der Waals surface area contributed by atoms with Crippen molar-refractivity contribution in [1.82, 2.24) is 0 Å². The van der Waals surface area contributed by atoms with Crippen molar-refractivity contribution in [3.63, 3.8) is 0 Å². The highest BCUT2D eigenvalue weighted by Gasteiger charge is 2.22. The molecule has 1 aliphatic heterocycles. The predicted molar refractivity (Wildman–Crippen MR) is 70.5 cm³/mol. The summed E-state index contributed by atoms with van der Waals surface area (Å²) in [5, 5.41) is 13.2. The van der Waals surface area contributed by atoms with Crippen molar-refractivity contribution in [1.29, 1.82) is 0 Å². The Kier molecular flexibility index (Phi) is 3.39. The zero-order chi connectivity index (χ0) is 13.2. The summed E-state index contributed by atoms with van der Waals surface area (Å²) in [6, 6.07) is 5.41. The van der Waals surface area contributed by atoms with Gasteiger partial charge in [-0.15, -0.1) is 0 Å². The molecule has 0 aromatic heterocycles. The number of fused-ring (bicyclic) bond motifs is 1. The van der Waals surface area contributed by atoms with Crippen LogP contribution in [0, 0.1) is 0 Å². The largest absolute Gasteiger partial charge is 0.465 e. The number of anilines is 1. The van der Waals surface area contributed by atoms with Crippen LogP contribution < -0.4 is 5.32 Å². The summed E-state index contributed by atoms with van der Waals surface area (Å²) >= 11 is 0. The van der Waals surface area contributed by atoms with Gasteiger partial charge in [-0.2, -0.15) is 0 Å². The third-order valence-corrected chi connectivity index (χ3v) is 3.01. The van der Waals surface area contributed by atoms with Crippen molar-refractivity contribution in [2.24, 2.45) is 0 Å². The number of rotatable bonds is 1. The molecule has 0 radical (unpaired) electrons. The zero-order valence-electron chi connectivity index (χ0n) is 10.6. The molecule has 0 fully saturated rings. The number of hydrogen-bond acceptors (Lipinski definition) is 4. The van der Waals surface area contributed by atoms with Gasteiger partial charge in [0.2, 0.25) is 0 Å². The van der Waals surface area contributed by atoms with Gasteiger partial charge < -0.3 is 15.2 Å². The first-order valence-corrected chi connectivity index (χ1v) is 5.88. The molecule has 2 N–H and O–H groups in total. The molecule has 1 atom stereocenters. The summed E-state index contributed by atoms with van der Waals surface area (Å²) in [7, 11) is 1.37. The van der Waals surface area contributed by atoms with E-state index in [1.165, 1.54) is 7.11 Å². The molecule has 1 aliphatic rings. The molecule has 1 aromatic carbocycles. The third kappa shape index (κ3) is 2.54. The summed E-state index contributed by atoms with van der Waals surface area (Å²) in [6.07, 6.45) is 4.27. The monoisotopic (exact) mass is 247 g/mol. The number of carbonyl (C=O) groups excluding carboxylic acids is 1. The van der Waals surface area contributed by atoms with Gasteiger partial charge in [0.05, 0.1) is 18.3 Å². The van der Waals surface area contributed by atoms with Crippen LogP contribution in [0.3, 0.4) is 0 Å². The lowest BCUT2D eigenvalue weighted by atomic mass is 9.96. The first kappa shape index (κ1) is 12.6. The number of ether oxygens (including phenoxy) is 1. The molecule has 0 saturated carbocycles. The number of β-amino-alcohol motifs (C(OH)–C–C–N with tert-alkyl or cyclic N) is 1. The van der Waals surface area contributed by atoms with Crippen molar-refractivity contribution in [2.75, 3.05) is 19.0 Å². The Hall–Kier alpha value is -1.81. The first-order valence-electron chi connectivity index (χ1n) is 5.88. The molecule has 2 rings (SSSR count). The smallest absolute Gasteiger partial charge is 0.338 e. The Balaban J connectivity index is 2.44. The third-order valence-electron chi connectivity index (χ3n) is 3.01.